The highest BCUT2D eigenvalue weighted by atomic mass is 16.6. The second-order valence-corrected chi connectivity index (χ2v) is 24.9. The van der Waals surface area contributed by atoms with Crippen LogP contribution in [0, 0.1) is 58.7 Å². The highest BCUT2D eigenvalue weighted by molar-refractivity contribution is 5.90. The molecular formula is C60H86O13. The van der Waals surface area contributed by atoms with Crippen LogP contribution in [0.5, 0.6) is 0 Å². The van der Waals surface area contributed by atoms with Gasteiger partial charge >= 0.3 is 35.8 Å². The van der Waals surface area contributed by atoms with Gasteiger partial charge in [-0.15, -0.1) is 6.58 Å². The Hall–Kier alpha value is -4.52. The molecule has 13 nitrogen and oxygen atoms in total. The average Bonchev–Trinajstić information content (AvgIpc) is 4.07. The fraction of sp³-hybridized carbons (Fsp3) is 0.733. The normalized spacial score (nSPS) is 38.4. The highest BCUT2D eigenvalue weighted by Gasteiger charge is 2.63. The van der Waals surface area contributed by atoms with Gasteiger partial charge in [-0.2, -0.15) is 0 Å². The topological polar surface area (TPSA) is 178 Å². The molecule has 0 aromatic rings. The van der Waals surface area contributed by atoms with Gasteiger partial charge in [0.05, 0.1) is 18.1 Å². The van der Waals surface area contributed by atoms with Crippen LogP contribution in [-0.2, 0) is 57.2 Å². The summed E-state index contributed by atoms with van der Waals surface area (Å²) >= 11 is 0. The molecule has 0 amide bonds. The molecule has 8 unspecified atom stereocenters. The molecule has 2 aliphatic heterocycles. The lowest BCUT2D eigenvalue weighted by Gasteiger charge is -2.60. The average molecular weight is 1020 g/mol. The van der Waals surface area contributed by atoms with E-state index in [1.165, 1.54) is 89.2 Å². The van der Waals surface area contributed by atoms with Crippen molar-refractivity contribution in [3.63, 3.8) is 0 Å². The number of aliphatic hydroxyl groups is 1. The van der Waals surface area contributed by atoms with Crippen molar-refractivity contribution in [3.05, 3.63) is 61.3 Å². The lowest BCUT2D eigenvalue weighted by atomic mass is 9.47. The number of hydrogen-bond donors (Lipinski definition) is 1. The van der Waals surface area contributed by atoms with E-state index in [2.05, 4.69) is 58.4 Å². The SMILES string of the molecule is C=C(C)C(=O)OC1(CC)CCCCC1.C=C(C)C(=O)OC1C2CC3C(=O)OC1C3C2.C=C(C)C(=O)OC1CCOC1=O.C=C(C)CC12CC3CC(CC(O)(C3)C1)C2.C=CC(=O)OC1(C)C2CC3CC(C2)CC1C3. The van der Waals surface area contributed by atoms with Gasteiger partial charge in [0.25, 0.3) is 0 Å². The van der Waals surface area contributed by atoms with Crippen LogP contribution in [0.25, 0.3) is 0 Å². The quantitative estimate of drug-likeness (QED) is 0.0895. The maximum atomic E-state index is 11.5. The maximum Gasteiger partial charge on any atom is 0.347 e. The van der Waals surface area contributed by atoms with Crippen LogP contribution in [0.3, 0.4) is 0 Å². The molecule has 13 heteroatoms. The Bertz CT molecular complexity index is 2140. The number of ether oxygens (including phenoxy) is 6. The van der Waals surface area contributed by atoms with Gasteiger partial charge in [0.1, 0.15) is 23.4 Å². The molecule has 404 valence electrons. The van der Waals surface area contributed by atoms with Crippen LogP contribution in [0.1, 0.15) is 176 Å². The number of esters is 6. The van der Waals surface area contributed by atoms with Crippen molar-refractivity contribution in [1.82, 2.24) is 0 Å². The van der Waals surface area contributed by atoms with E-state index in [4.69, 9.17) is 23.7 Å². The molecule has 13 rings (SSSR count). The molecule has 0 aromatic carbocycles. The second-order valence-electron chi connectivity index (χ2n) is 24.9. The first-order valence-electron chi connectivity index (χ1n) is 27.6. The van der Waals surface area contributed by atoms with Crippen molar-refractivity contribution >= 4 is 35.8 Å². The molecule has 10 bridgehead atoms. The molecule has 8 atom stereocenters. The maximum absolute atomic E-state index is 11.5. The summed E-state index contributed by atoms with van der Waals surface area (Å²) in [5.74, 6) is 3.35. The third-order valence-corrected chi connectivity index (χ3v) is 18.6. The van der Waals surface area contributed by atoms with E-state index in [0.717, 1.165) is 81.5 Å². The van der Waals surface area contributed by atoms with Crippen LogP contribution < -0.4 is 0 Å². The Morgan fingerprint density at radius 3 is 1.77 bits per heavy atom. The lowest BCUT2D eigenvalue weighted by Crippen LogP contribution is -2.57. The molecule has 11 saturated carbocycles. The van der Waals surface area contributed by atoms with E-state index in [0.29, 0.717) is 47.3 Å². The van der Waals surface area contributed by atoms with Gasteiger partial charge in [-0.05, 0) is 198 Å². The fourth-order valence-corrected chi connectivity index (χ4v) is 15.9. The number of carbonyl (C=O) groups excluding carboxylic acids is 6. The molecule has 2 heterocycles. The van der Waals surface area contributed by atoms with Crippen molar-refractivity contribution in [2.75, 3.05) is 6.61 Å². The first-order chi connectivity index (χ1) is 34.4. The minimum atomic E-state index is -0.728. The Morgan fingerprint density at radius 2 is 1.27 bits per heavy atom. The minimum absolute atomic E-state index is 0.0646. The highest BCUT2D eigenvalue weighted by Crippen LogP contribution is 2.64. The predicted octanol–water partition coefficient (Wildman–Crippen LogP) is 10.9. The summed E-state index contributed by atoms with van der Waals surface area (Å²) in [7, 11) is 0. The van der Waals surface area contributed by atoms with Crippen LogP contribution in [0.4, 0.5) is 0 Å². The molecule has 13 aliphatic rings. The van der Waals surface area contributed by atoms with Gasteiger partial charge in [0.15, 0.2) is 0 Å². The number of fused-ring (bicyclic) bond motifs is 1. The van der Waals surface area contributed by atoms with Crippen LogP contribution in [0.2, 0.25) is 0 Å². The first kappa shape index (κ1) is 56.2. The summed E-state index contributed by atoms with van der Waals surface area (Å²) in [6.07, 6.45) is 23.9. The monoisotopic (exact) mass is 1010 g/mol. The zero-order valence-electron chi connectivity index (χ0n) is 44.9. The predicted molar refractivity (Wildman–Crippen MR) is 275 cm³/mol. The molecular weight excluding hydrogens is 929 g/mol. The van der Waals surface area contributed by atoms with Crippen molar-refractivity contribution in [2.24, 2.45) is 58.7 Å². The number of rotatable bonds is 11. The van der Waals surface area contributed by atoms with Crippen LogP contribution in [0.15, 0.2) is 61.3 Å². The molecule has 13 fully saturated rings. The van der Waals surface area contributed by atoms with E-state index < -0.39 is 18.0 Å². The Kier molecular flexibility index (Phi) is 17.5. The summed E-state index contributed by atoms with van der Waals surface area (Å²) in [6.45, 7) is 29.7. The molecule has 0 radical (unpaired) electrons. The summed E-state index contributed by atoms with van der Waals surface area (Å²) in [5, 5.41) is 10.6. The number of carbonyl (C=O) groups is 6. The van der Waals surface area contributed by atoms with Crippen LogP contribution >= 0.6 is 0 Å². The third-order valence-electron chi connectivity index (χ3n) is 18.6. The van der Waals surface area contributed by atoms with E-state index >= 15 is 0 Å². The molecule has 0 spiro atoms. The molecule has 0 aromatic heterocycles. The first-order valence-corrected chi connectivity index (χ1v) is 27.6. The van der Waals surface area contributed by atoms with E-state index in [9.17, 15) is 33.9 Å². The van der Waals surface area contributed by atoms with Crippen molar-refractivity contribution in [3.8, 4) is 0 Å². The number of allylic oxidation sites excluding steroid dienone is 1. The Labute approximate surface area is 434 Å². The zero-order chi connectivity index (χ0) is 53.2. The summed E-state index contributed by atoms with van der Waals surface area (Å²) in [5.41, 5.74) is 2.25. The largest absolute Gasteiger partial charge is 0.463 e. The number of hydrogen-bond acceptors (Lipinski definition) is 13. The fourth-order valence-electron chi connectivity index (χ4n) is 15.9. The van der Waals surface area contributed by atoms with Gasteiger partial charge in [-0.1, -0.05) is 45.2 Å². The standard InChI is InChI=1S/C14H20O2.C14H22O.C12H14O4.C12H20O2.C8H10O4/c1-3-13(15)16-14(2)11-5-9-4-10(7-11)8-12(14)6-9;1-10(2)4-13-5-11-3-12(6-13)8-14(15,7-11)9-13;1-5(2)11(13)15-9-6-3-7-8(4-6)12(14)16-10(7)9;1-4-12(8-6-5-7-9-12)14-11(13)10(2)3;1-5(2)7(9)12-6-3-4-11-8(6)10/h3,9-12H,1,4-8H2,2H3;11-12,15H,1,3-9H2,2H3;6-10H,1,3-4H2,2H3;2,4-9H2,1,3H3;6H,1,3-4H2,2H3. The van der Waals surface area contributed by atoms with Crippen LogP contribution in [-0.4, -0.2) is 82.6 Å². The smallest absolute Gasteiger partial charge is 0.347 e. The van der Waals surface area contributed by atoms with Gasteiger partial charge in [0.2, 0.25) is 6.10 Å². The van der Waals surface area contributed by atoms with Gasteiger partial charge in [-0.25, -0.2) is 24.0 Å². The molecule has 1 N–H and O–H groups in total. The van der Waals surface area contributed by atoms with Gasteiger partial charge < -0.3 is 33.5 Å². The number of cyclic esters (lactones) is 1. The zero-order valence-corrected chi connectivity index (χ0v) is 44.9. The summed E-state index contributed by atoms with van der Waals surface area (Å²) in [6, 6.07) is 0. The Morgan fingerprint density at radius 1 is 0.712 bits per heavy atom. The molecule has 73 heavy (non-hydrogen) atoms. The third kappa shape index (κ3) is 12.9. The Balaban J connectivity index is 0.000000134. The molecule has 11 aliphatic carbocycles. The molecule has 2 saturated heterocycles. The minimum Gasteiger partial charge on any atom is -0.463 e. The van der Waals surface area contributed by atoms with Crippen molar-refractivity contribution in [1.29, 1.82) is 0 Å². The summed E-state index contributed by atoms with van der Waals surface area (Å²) in [4.78, 5) is 67.6. The van der Waals surface area contributed by atoms with Crippen molar-refractivity contribution < 1.29 is 62.3 Å². The van der Waals surface area contributed by atoms with E-state index in [-0.39, 0.29) is 70.3 Å². The van der Waals surface area contributed by atoms with Crippen molar-refractivity contribution in [2.45, 2.75) is 211 Å². The summed E-state index contributed by atoms with van der Waals surface area (Å²) < 4.78 is 31.3. The second kappa shape index (κ2) is 22.8. The van der Waals surface area contributed by atoms with Gasteiger partial charge in [-0.3, -0.25) is 4.79 Å². The van der Waals surface area contributed by atoms with E-state index in [1.807, 2.05) is 0 Å². The van der Waals surface area contributed by atoms with Gasteiger partial charge in [0, 0.05) is 41.1 Å². The lowest BCUT2D eigenvalue weighted by molar-refractivity contribution is -0.198. The van der Waals surface area contributed by atoms with E-state index in [1.54, 1.807) is 13.8 Å².